The lowest BCUT2D eigenvalue weighted by Crippen LogP contribution is -2.30. The number of carbonyl (C=O) groups is 1. The molecule has 0 radical (unpaired) electrons. The van der Waals surface area contributed by atoms with E-state index < -0.39 is 6.10 Å². The van der Waals surface area contributed by atoms with Gasteiger partial charge < -0.3 is 9.26 Å². The van der Waals surface area contributed by atoms with Crippen molar-refractivity contribution in [1.29, 1.82) is 0 Å². The summed E-state index contributed by atoms with van der Waals surface area (Å²) in [6.07, 6.45) is -0.707. The number of hydrogen-bond donors (Lipinski definition) is 1. The molecule has 1 heterocycles. The van der Waals surface area contributed by atoms with Crippen molar-refractivity contribution in [1.82, 2.24) is 10.1 Å². The fourth-order valence-electron chi connectivity index (χ4n) is 2.59. The van der Waals surface area contributed by atoms with Crippen LogP contribution in [0.1, 0.15) is 38.8 Å². The van der Waals surface area contributed by atoms with Crippen LogP contribution >= 0.6 is 0 Å². The monoisotopic (exact) mass is 379 g/mol. The van der Waals surface area contributed by atoms with Gasteiger partial charge in [0.25, 0.3) is 17.7 Å². The average molecular weight is 379 g/mol. The highest BCUT2D eigenvalue weighted by Crippen LogP contribution is 2.25. The summed E-state index contributed by atoms with van der Waals surface area (Å²) in [6.45, 7) is 10.1. The molecule has 1 amide bonds. The van der Waals surface area contributed by atoms with Gasteiger partial charge in [0.1, 0.15) is 5.75 Å². The summed E-state index contributed by atoms with van der Waals surface area (Å²) < 4.78 is 10.9. The summed E-state index contributed by atoms with van der Waals surface area (Å²) in [6, 6.07) is 15.4. The van der Waals surface area contributed by atoms with Gasteiger partial charge in [0.2, 0.25) is 0 Å². The second-order valence-electron chi connectivity index (χ2n) is 7.81. The normalized spacial score (nSPS) is 12.5. The van der Waals surface area contributed by atoms with Gasteiger partial charge in [0.15, 0.2) is 6.10 Å². The summed E-state index contributed by atoms with van der Waals surface area (Å²) >= 11 is 0. The van der Waals surface area contributed by atoms with Crippen LogP contribution < -0.4 is 10.1 Å². The molecule has 1 atom stereocenters. The summed E-state index contributed by atoms with van der Waals surface area (Å²) in [7, 11) is 0. The molecule has 0 fully saturated rings. The Morgan fingerprint density at radius 1 is 1.07 bits per heavy atom. The Morgan fingerprint density at radius 2 is 1.71 bits per heavy atom. The Hall–Kier alpha value is -3.15. The maximum Gasteiger partial charge on any atom is 0.270 e. The zero-order chi connectivity index (χ0) is 20.3. The van der Waals surface area contributed by atoms with Crippen LogP contribution in [0, 0.1) is 6.92 Å². The number of anilines is 1. The number of ether oxygens (including phenoxy) is 1. The van der Waals surface area contributed by atoms with Crippen LogP contribution in [0.2, 0.25) is 0 Å². The first-order chi connectivity index (χ1) is 13.2. The van der Waals surface area contributed by atoms with Crippen molar-refractivity contribution in [2.45, 2.75) is 46.1 Å². The Kier molecular flexibility index (Phi) is 5.49. The molecule has 0 saturated carbocycles. The molecule has 3 rings (SSSR count). The molecular formula is C22H25N3O3. The Bertz CT molecular complexity index is 938. The van der Waals surface area contributed by atoms with Crippen LogP contribution in [0.4, 0.5) is 5.95 Å². The minimum Gasteiger partial charge on any atom is -0.481 e. The van der Waals surface area contributed by atoms with Gasteiger partial charge in [-0.15, -0.1) is 0 Å². The number of amides is 1. The highest BCUT2D eigenvalue weighted by molar-refractivity contribution is 5.92. The van der Waals surface area contributed by atoms with Crippen LogP contribution in [0.25, 0.3) is 11.5 Å². The summed E-state index contributed by atoms with van der Waals surface area (Å²) in [5.41, 5.74) is 3.20. The smallest absolute Gasteiger partial charge is 0.270 e. The second kappa shape index (κ2) is 7.84. The zero-order valence-electron chi connectivity index (χ0n) is 16.8. The van der Waals surface area contributed by atoms with Crippen LogP contribution in [-0.4, -0.2) is 22.2 Å². The fraction of sp³-hybridized carbons (Fsp3) is 0.318. The predicted molar refractivity (Wildman–Crippen MR) is 108 cm³/mol. The Balaban J connectivity index is 1.61. The molecule has 6 heteroatoms. The Morgan fingerprint density at radius 3 is 2.32 bits per heavy atom. The molecule has 0 aliphatic carbocycles. The van der Waals surface area contributed by atoms with Crippen molar-refractivity contribution in [2.24, 2.45) is 0 Å². The van der Waals surface area contributed by atoms with Crippen molar-refractivity contribution in [2.75, 3.05) is 5.32 Å². The van der Waals surface area contributed by atoms with Gasteiger partial charge in [0, 0.05) is 5.56 Å². The molecule has 146 valence electrons. The quantitative estimate of drug-likeness (QED) is 0.692. The number of rotatable bonds is 5. The Labute approximate surface area is 164 Å². The van der Waals surface area contributed by atoms with Crippen LogP contribution in [0.15, 0.2) is 53.1 Å². The number of carbonyl (C=O) groups excluding carboxylic acids is 1. The van der Waals surface area contributed by atoms with Gasteiger partial charge in [-0.25, -0.2) is 0 Å². The first-order valence-corrected chi connectivity index (χ1v) is 9.21. The van der Waals surface area contributed by atoms with Gasteiger partial charge in [-0.05, 0) is 54.2 Å². The van der Waals surface area contributed by atoms with E-state index in [2.05, 4.69) is 36.2 Å². The molecule has 2 aromatic carbocycles. The maximum atomic E-state index is 12.4. The molecule has 0 unspecified atom stereocenters. The van der Waals surface area contributed by atoms with Crippen LogP contribution in [-0.2, 0) is 10.2 Å². The number of aryl methyl sites for hydroxylation is 1. The summed E-state index contributed by atoms with van der Waals surface area (Å²) in [5.74, 6) is 0.737. The summed E-state index contributed by atoms with van der Waals surface area (Å²) in [5, 5.41) is 6.43. The lowest BCUT2D eigenvalue weighted by molar-refractivity contribution is -0.122. The molecule has 1 N–H and O–H groups in total. The van der Waals surface area contributed by atoms with E-state index in [0.717, 1.165) is 11.1 Å². The molecule has 0 spiro atoms. The topological polar surface area (TPSA) is 77.2 Å². The van der Waals surface area contributed by atoms with Gasteiger partial charge in [-0.1, -0.05) is 50.6 Å². The molecule has 1 aromatic heterocycles. The first kappa shape index (κ1) is 19.6. The minimum atomic E-state index is -0.707. The van der Waals surface area contributed by atoms with E-state index in [1.165, 1.54) is 5.56 Å². The van der Waals surface area contributed by atoms with E-state index in [1.54, 1.807) is 6.92 Å². The largest absolute Gasteiger partial charge is 0.481 e. The number of nitrogens with zero attached hydrogens (tertiary/aromatic N) is 2. The predicted octanol–water partition coefficient (Wildman–Crippen LogP) is 4.75. The standard InChI is InChI=1S/C22H25N3O3/c1-14-6-8-16(9-7-14)20-24-21(25-28-20)23-19(26)15(2)27-18-12-10-17(11-13-18)22(3,4)5/h6-13,15H,1-5H3,(H,23,25,26)/t15-/m1/s1. The highest BCUT2D eigenvalue weighted by atomic mass is 16.5. The van der Waals surface area contributed by atoms with Crippen molar-refractivity contribution in [3.8, 4) is 17.2 Å². The fourth-order valence-corrected chi connectivity index (χ4v) is 2.59. The van der Waals surface area contributed by atoms with Gasteiger partial charge in [0.05, 0.1) is 0 Å². The van der Waals surface area contributed by atoms with Gasteiger partial charge in [-0.3, -0.25) is 10.1 Å². The van der Waals surface area contributed by atoms with E-state index in [4.69, 9.17) is 9.26 Å². The number of benzene rings is 2. The summed E-state index contributed by atoms with van der Waals surface area (Å²) in [4.78, 5) is 16.6. The number of hydrogen-bond acceptors (Lipinski definition) is 5. The SMILES string of the molecule is Cc1ccc(-c2nc(NC(=O)[C@@H](C)Oc3ccc(C(C)(C)C)cc3)no2)cc1. The van der Waals surface area contributed by atoms with E-state index in [1.807, 2.05) is 55.5 Å². The number of aromatic nitrogens is 2. The second-order valence-corrected chi connectivity index (χ2v) is 7.81. The third-order valence-electron chi connectivity index (χ3n) is 4.36. The van der Waals surface area contributed by atoms with E-state index in [0.29, 0.717) is 11.6 Å². The van der Waals surface area contributed by atoms with Crippen molar-refractivity contribution in [3.63, 3.8) is 0 Å². The van der Waals surface area contributed by atoms with Gasteiger partial charge >= 0.3 is 0 Å². The van der Waals surface area contributed by atoms with Crippen molar-refractivity contribution < 1.29 is 14.1 Å². The molecular weight excluding hydrogens is 354 g/mol. The molecule has 0 aliphatic heterocycles. The van der Waals surface area contributed by atoms with Crippen LogP contribution in [0.5, 0.6) is 5.75 Å². The lowest BCUT2D eigenvalue weighted by atomic mass is 9.87. The average Bonchev–Trinajstić information content (AvgIpc) is 3.10. The van der Waals surface area contributed by atoms with Crippen molar-refractivity contribution >= 4 is 11.9 Å². The molecule has 0 bridgehead atoms. The van der Waals surface area contributed by atoms with E-state index in [9.17, 15) is 4.79 Å². The van der Waals surface area contributed by atoms with E-state index >= 15 is 0 Å². The molecule has 0 aliphatic rings. The minimum absolute atomic E-state index is 0.0648. The van der Waals surface area contributed by atoms with E-state index in [-0.39, 0.29) is 17.3 Å². The zero-order valence-corrected chi connectivity index (χ0v) is 16.8. The molecule has 6 nitrogen and oxygen atoms in total. The first-order valence-electron chi connectivity index (χ1n) is 9.21. The highest BCUT2D eigenvalue weighted by Gasteiger charge is 2.19. The molecule has 0 saturated heterocycles. The van der Waals surface area contributed by atoms with Gasteiger partial charge in [-0.2, -0.15) is 4.98 Å². The third kappa shape index (κ3) is 4.76. The number of nitrogens with one attached hydrogen (secondary N) is 1. The maximum absolute atomic E-state index is 12.4. The molecule has 3 aromatic rings. The van der Waals surface area contributed by atoms with Crippen molar-refractivity contribution in [3.05, 3.63) is 59.7 Å². The lowest BCUT2D eigenvalue weighted by Gasteiger charge is -2.20. The van der Waals surface area contributed by atoms with Crippen LogP contribution in [0.3, 0.4) is 0 Å². The third-order valence-corrected chi connectivity index (χ3v) is 4.36. The molecule has 28 heavy (non-hydrogen) atoms.